The van der Waals surface area contributed by atoms with Gasteiger partial charge in [-0.05, 0) is 77.0 Å². The van der Waals surface area contributed by atoms with E-state index in [4.69, 9.17) is 9.84 Å². The van der Waals surface area contributed by atoms with Crippen molar-refractivity contribution in [1.82, 2.24) is 5.32 Å². The van der Waals surface area contributed by atoms with Crippen LogP contribution in [0.2, 0.25) is 0 Å². The number of aliphatic carboxylic acids is 1. The molecule has 56 heavy (non-hydrogen) atoms. The van der Waals surface area contributed by atoms with Crippen molar-refractivity contribution in [2.45, 2.75) is 245 Å². The molecule has 1 unspecified atom stereocenters. The summed E-state index contributed by atoms with van der Waals surface area (Å²) in [5, 5.41) is 11.1. The van der Waals surface area contributed by atoms with Crippen LogP contribution in [0.4, 0.5) is 0 Å². The van der Waals surface area contributed by atoms with Gasteiger partial charge in [-0.2, -0.15) is 0 Å². The van der Waals surface area contributed by atoms with Crippen LogP contribution in [0.25, 0.3) is 0 Å². The summed E-state index contributed by atoms with van der Waals surface area (Å²) in [4.78, 5) is 35.1. The standard InChI is InChI=1S/C50H89NO5/c1-3-5-7-9-11-13-15-16-17-18-19-20-21-22-23-24-25-26-28-30-32-37-41-45-50(55)56-47(42-38-34-31-29-27-14-12-10-8-6-4-2)43-39-35-33-36-40-44-48(52)51-46-49(53)54/h5,7,11,13,16-17,19-20,47H,3-4,6,8-10,12,14-15,18,21-46H2,1-2H3,(H,51,52)(H,53,54)/b7-5-,13-11-,17-16-,20-19-. The average molecular weight is 784 g/mol. The molecule has 0 aromatic carbocycles. The first-order valence-corrected chi connectivity index (χ1v) is 23.8. The third kappa shape index (κ3) is 44.1. The van der Waals surface area contributed by atoms with E-state index in [1.54, 1.807) is 0 Å². The topological polar surface area (TPSA) is 92.7 Å². The van der Waals surface area contributed by atoms with Crippen molar-refractivity contribution in [3.05, 3.63) is 48.6 Å². The molecule has 324 valence electrons. The maximum absolute atomic E-state index is 12.8. The van der Waals surface area contributed by atoms with Crippen LogP contribution in [0.15, 0.2) is 48.6 Å². The third-order valence-corrected chi connectivity index (χ3v) is 10.5. The van der Waals surface area contributed by atoms with E-state index in [1.807, 2.05) is 0 Å². The molecule has 0 radical (unpaired) electrons. The van der Waals surface area contributed by atoms with Crippen LogP contribution in [0, 0.1) is 0 Å². The molecule has 6 nitrogen and oxygen atoms in total. The maximum Gasteiger partial charge on any atom is 0.322 e. The van der Waals surface area contributed by atoms with E-state index in [0.29, 0.717) is 12.8 Å². The predicted molar refractivity (Wildman–Crippen MR) is 240 cm³/mol. The lowest BCUT2D eigenvalue weighted by molar-refractivity contribution is -0.150. The van der Waals surface area contributed by atoms with Gasteiger partial charge >= 0.3 is 11.9 Å². The number of nitrogens with one attached hydrogen (secondary N) is 1. The molecule has 0 spiro atoms. The highest BCUT2D eigenvalue weighted by atomic mass is 16.5. The van der Waals surface area contributed by atoms with Crippen LogP contribution < -0.4 is 5.32 Å². The average Bonchev–Trinajstić information content (AvgIpc) is 3.18. The Hall–Kier alpha value is -2.63. The molecule has 0 aliphatic rings. The van der Waals surface area contributed by atoms with Crippen LogP contribution in [0.3, 0.4) is 0 Å². The fourth-order valence-electron chi connectivity index (χ4n) is 7.04. The molecule has 0 heterocycles. The summed E-state index contributed by atoms with van der Waals surface area (Å²) in [6.07, 6.45) is 58.2. The van der Waals surface area contributed by atoms with Gasteiger partial charge in [-0.1, -0.05) is 197 Å². The van der Waals surface area contributed by atoms with Crippen molar-refractivity contribution in [1.29, 1.82) is 0 Å². The Kier molecular flexibility index (Phi) is 43.0. The van der Waals surface area contributed by atoms with E-state index in [2.05, 4.69) is 67.8 Å². The predicted octanol–water partition coefficient (Wildman–Crippen LogP) is 15.0. The molecule has 0 aromatic heterocycles. The lowest BCUT2D eigenvalue weighted by atomic mass is 10.0. The lowest BCUT2D eigenvalue weighted by Crippen LogP contribution is -2.28. The monoisotopic (exact) mass is 784 g/mol. The molecule has 0 aliphatic carbocycles. The largest absolute Gasteiger partial charge is 0.480 e. The third-order valence-electron chi connectivity index (χ3n) is 10.5. The molecule has 0 aliphatic heterocycles. The summed E-state index contributed by atoms with van der Waals surface area (Å²) >= 11 is 0. The zero-order chi connectivity index (χ0) is 40.8. The Morgan fingerprint density at radius 3 is 1.34 bits per heavy atom. The number of carboxylic acid groups (broad SMARTS) is 1. The molecule has 0 aromatic rings. The van der Waals surface area contributed by atoms with Crippen LogP contribution >= 0.6 is 0 Å². The number of amides is 1. The number of unbranched alkanes of at least 4 members (excludes halogenated alkanes) is 24. The first-order valence-electron chi connectivity index (χ1n) is 23.8. The van der Waals surface area contributed by atoms with Crippen LogP contribution in [0.5, 0.6) is 0 Å². The molecule has 6 heteroatoms. The highest BCUT2D eigenvalue weighted by molar-refractivity contribution is 5.80. The van der Waals surface area contributed by atoms with Gasteiger partial charge in [0.25, 0.3) is 0 Å². The van der Waals surface area contributed by atoms with Gasteiger partial charge in [0.2, 0.25) is 5.91 Å². The highest BCUT2D eigenvalue weighted by Gasteiger charge is 2.14. The molecule has 0 saturated heterocycles. The van der Waals surface area contributed by atoms with Crippen LogP contribution in [0.1, 0.15) is 239 Å². The number of hydrogen-bond donors (Lipinski definition) is 2. The molecule has 2 N–H and O–H groups in total. The van der Waals surface area contributed by atoms with Crippen molar-refractivity contribution in [3.8, 4) is 0 Å². The first kappa shape index (κ1) is 53.4. The summed E-state index contributed by atoms with van der Waals surface area (Å²) < 4.78 is 6.05. The summed E-state index contributed by atoms with van der Waals surface area (Å²) in [5.74, 6) is -1.23. The van der Waals surface area contributed by atoms with Gasteiger partial charge in [0.05, 0.1) is 0 Å². The second-order valence-electron chi connectivity index (χ2n) is 16.0. The quantitative estimate of drug-likeness (QED) is 0.0365. The van der Waals surface area contributed by atoms with Gasteiger partial charge in [-0.25, -0.2) is 0 Å². The van der Waals surface area contributed by atoms with Crippen LogP contribution in [-0.4, -0.2) is 35.6 Å². The zero-order valence-electron chi connectivity index (χ0n) is 36.7. The summed E-state index contributed by atoms with van der Waals surface area (Å²) in [5.41, 5.74) is 0. The van der Waals surface area contributed by atoms with E-state index in [-0.39, 0.29) is 24.5 Å². The SMILES string of the molecule is CC/C=C\C/C=C\C/C=C\C/C=C\CCCCCCCCCCCCC(=O)OC(CCCCCCCCCCCCC)CCCCCCCC(=O)NCC(=O)O. The Labute approximate surface area is 346 Å². The number of carbonyl (C=O) groups excluding carboxylic acids is 2. The van der Waals surface area contributed by atoms with E-state index in [9.17, 15) is 14.4 Å². The van der Waals surface area contributed by atoms with E-state index < -0.39 is 5.97 Å². The lowest BCUT2D eigenvalue weighted by Gasteiger charge is -2.18. The normalized spacial score (nSPS) is 12.5. The van der Waals surface area contributed by atoms with Crippen molar-refractivity contribution >= 4 is 17.8 Å². The van der Waals surface area contributed by atoms with Crippen molar-refractivity contribution in [2.24, 2.45) is 0 Å². The molecule has 1 amide bonds. The molecule has 0 fully saturated rings. The van der Waals surface area contributed by atoms with Gasteiger partial charge in [0, 0.05) is 12.8 Å². The molecule has 0 bridgehead atoms. The molecular formula is C50H89NO5. The highest BCUT2D eigenvalue weighted by Crippen LogP contribution is 2.19. The molecule has 0 rings (SSSR count). The van der Waals surface area contributed by atoms with Crippen molar-refractivity contribution in [3.63, 3.8) is 0 Å². The van der Waals surface area contributed by atoms with E-state index >= 15 is 0 Å². The number of rotatable bonds is 43. The summed E-state index contributed by atoms with van der Waals surface area (Å²) in [6.45, 7) is 4.12. The fraction of sp³-hybridized carbons (Fsp3) is 0.780. The zero-order valence-corrected chi connectivity index (χ0v) is 36.7. The van der Waals surface area contributed by atoms with Crippen LogP contribution in [-0.2, 0) is 19.1 Å². The molecule has 0 saturated carbocycles. The van der Waals surface area contributed by atoms with Gasteiger partial charge in [-0.15, -0.1) is 0 Å². The summed E-state index contributed by atoms with van der Waals surface area (Å²) in [6, 6.07) is 0. The first-order chi connectivity index (χ1) is 27.5. The number of carbonyl (C=O) groups is 3. The Morgan fingerprint density at radius 2 is 0.875 bits per heavy atom. The minimum Gasteiger partial charge on any atom is -0.480 e. The Balaban J connectivity index is 4.04. The second kappa shape index (κ2) is 45.1. The maximum atomic E-state index is 12.8. The smallest absolute Gasteiger partial charge is 0.322 e. The van der Waals surface area contributed by atoms with Gasteiger partial charge in [0.1, 0.15) is 12.6 Å². The number of carboxylic acids is 1. The van der Waals surface area contributed by atoms with Gasteiger partial charge in [-0.3, -0.25) is 14.4 Å². The fourth-order valence-corrected chi connectivity index (χ4v) is 7.04. The number of esters is 1. The number of allylic oxidation sites excluding steroid dienone is 8. The van der Waals surface area contributed by atoms with E-state index in [0.717, 1.165) is 89.9 Å². The Morgan fingerprint density at radius 1 is 0.482 bits per heavy atom. The molecule has 1 atom stereocenters. The minimum atomic E-state index is -1.02. The van der Waals surface area contributed by atoms with Gasteiger partial charge < -0.3 is 15.2 Å². The minimum absolute atomic E-state index is 0.0179. The number of hydrogen-bond acceptors (Lipinski definition) is 4. The van der Waals surface area contributed by atoms with E-state index in [1.165, 1.54) is 122 Å². The molecular weight excluding hydrogens is 695 g/mol. The summed E-state index contributed by atoms with van der Waals surface area (Å²) in [7, 11) is 0. The van der Waals surface area contributed by atoms with Crippen molar-refractivity contribution in [2.75, 3.05) is 6.54 Å². The van der Waals surface area contributed by atoms with Gasteiger partial charge in [0.15, 0.2) is 0 Å². The second-order valence-corrected chi connectivity index (χ2v) is 16.0. The Bertz CT molecular complexity index is 999. The number of ether oxygens (including phenoxy) is 1. The van der Waals surface area contributed by atoms with Crippen molar-refractivity contribution < 1.29 is 24.2 Å².